The maximum absolute atomic E-state index is 3.86. The Morgan fingerprint density at radius 1 is 1.35 bits per heavy atom. The molecule has 2 aliphatic rings. The first-order valence-corrected chi connectivity index (χ1v) is 8.85. The minimum Gasteiger partial charge on any atom is -0.365 e. The van der Waals surface area contributed by atoms with Crippen LogP contribution in [0.5, 0.6) is 0 Å². The predicted molar refractivity (Wildman–Crippen MR) is 94.3 cm³/mol. The van der Waals surface area contributed by atoms with Crippen LogP contribution in [0.2, 0.25) is 0 Å². The molecule has 0 amide bonds. The zero-order valence-electron chi connectivity index (χ0n) is 12.7. The van der Waals surface area contributed by atoms with E-state index in [9.17, 15) is 0 Å². The molecule has 1 aromatic rings. The van der Waals surface area contributed by atoms with Crippen LogP contribution in [-0.2, 0) is 0 Å². The Kier molecular flexibility index (Phi) is 4.01. The van der Waals surface area contributed by atoms with Crippen LogP contribution in [0.4, 0.5) is 5.69 Å². The minimum atomic E-state index is 0.298. The Balaban J connectivity index is 1.89. The average molecular weight is 384 g/mol. The fraction of sp³-hybridized carbons (Fsp3) is 0.647. The molecule has 1 saturated heterocycles. The Morgan fingerprint density at radius 2 is 2.10 bits per heavy atom. The number of piperazine rings is 1. The van der Waals surface area contributed by atoms with Gasteiger partial charge in [0.2, 0.25) is 0 Å². The molecule has 0 aromatic heterocycles. The van der Waals surface area contributed by atoms with Gasteiger partial charge in [-0.1, -0.05) is 19.9 Å². The fourth-order valence-corrected chi connectivity index (χ4v) is 4.03. The van der Waals surface area contributed by atoms with E-state index in [0.717, 1.165) is 19.0 Å². The molecule has 0 radical (unpaired) electrons. The molecule has 1 heterocycles. The highest BCUT2D eigenvalue weighted by Crippen LogP contribution is 2.42. The molecule has 2 nitrogen and oxygen atoms in total. The second kappa shape index (κ2) is 5.48. The molecular formula is C17H25IN2. The summed E-state index contributed by atoms with van der Waals surface area (Å²) in [6.45, 7) is 9.35. The van der Waals surface area contributed by atoms with Crippen LogP contribution >= 0.6 is 22.6 Å². The van der Waals surface area contributed by atoms with E-state index >= 15 is 0 Å². The molecule has 2 unspecified atom stereocenters. The molecule has 20 heavy (non-hydrogen) atoms. The second-order valence-electron chi connectivity index (χ2n) is 6.99. The van der Waals surface area contributed by atoms with E-state index < -0.39 is 0 Å². The largest absolute Gasteiger partial charge is 0.365 e. The van der Waals surface area contributed by atoms with Crippen LogP contribution < -0.4 is 10.2 Å². The summed E-state index contributed by atoms with van der Waals surface area (Å²) >= 11 is 2.42. The number of nitrogens with zero attached hydrogens (tertiary/aromatic N) is 1. The summed E-state index contributed by atoms with van der Waals surface area (Å²) in [6, 6.07) is 9.56. The third-order valence-electron chi connectivity index (χ3n) is 5.00. The van der Waals surface area contributed by atoms with Gasteiger partial charge in [-0.3, -0.25) is 0 Å². The van der Waals surface area contributed by atoms with Crippen LogP contribution in [0.1, 0.15) is 33.6 Å². The molecule has 3 rings (SSSR count). The number of hydrogen-bond donors (Lipinski definition) is 1. The lowest BCUT2D eigenvalue weighted by Crippen LogP contribution is -2.65. The van der Waals surface area contributed by atoms with Crippen molar-refractivity contribution >= 4 is 28.3 Å². The standard InChI is InChI=1S/C17H25IN2/c1-12(2)16-10-19-17(3,13-7-8-13)11-20(16)15-6-4-5-14(18)9-15/h4-6,9,12-13,16,19H,7-8,10-11H2,1-3H3. The lowest BCUT2D eigenvalue weighted by Gasteiger charge is -2.49. The number of anilines is 1. The zero-order chi connectivity index (χ0) is 14.3. The highest BCUT2D eigenvalue weighted by molar-refractivity contribution is 14.1. The van der Waals surface area contributed by atoms with Crippen LogP contribution in [0.15, 0.2) is 24.3 Å². The molecule has 1 N–H and O–H groups in total. The van der Waals surface area contributed by atoms with Gasteiger partial charge in [-0.2, -0.15) is 0 Å². The maximum atomic E-state index is 3.86. The molecule has 1 aromatic carbocycles. The number of rotatable bonds is 3. The van der Waals surface area contributed by atoms with E-state index in [4.69, 9.17) is 0 Å². The Labute approximate surface area is 136 Å². The zero-order valence-corrected chi connectivity index (χ0v) is 14.9. The van der Waals surface area contributed by atoms with Crippen molar-refractivity contribution in [2.45, 2.75) is 45.2 Å². The van der Waals surface area contributed by atoms with E-state index in [-0.39, 0.29) is 0 Å². The molecule has 1 aliphatic heterocycles. The van der Waals surface area contributed by atoms with Gasteiger partial charge in [-0.25, -0.2) is 0 Å². The van der Waals surface area contributed by atoms with Crippen LogP contribution in [0.25, 0.3) is 0 Å². The van der Waals surface area contributed by atoms with E-state index in [1.807, 2.05) is 0 Å². The van der Waals surface area contributed by atoms with Crippen LogP contribution in [0, 0.1) is 15.4 Å². The Morgan fingerprint density at radius 3 is 2.70 bits per heavy atom. The van der Waals surface area contributed by atoms with Crippen molar-refractivity contribution in [1.82, 2.24) is 5.32 Å². The Hall–Kier alpha value is -0.290. The number of hydrogen-bond acceptors (Lipinski definition) is 2. The average Bonchev–Trinajstić information content (AvgIpc) is 3.23. The molecule has 0 bridgehead atoms. The van der Waals surface area contributed by atoms with E-state index in [0.29, 0.717) is 17.5 Å². The van der Waals surface area contributed by atoms with Gasteiger partial charge in [0, 0.05) is 33.9 Å². The second-order valence-corrected chi connectivity index (χ2v) is 8.24. The van der Waals surface area contributed by atoms with Gasteiger partial charge in [0.25, 0.3) is 0 Å². The van der Waals surface area contributed by atoms with Gasteiger partial charge >= 0.3 is 0 Å². The first-order chi connectivity index (χ1) is 9.49. The van der Waals surface area contributed by atoms with Gasteiger partial charge < -0.3 is 10.2 Å². The molecular weight excluding hydrogens is 359 g/mol. The lowest BCUT2D eigenvalue weighted by atomic mass is 9.87. The number of nitrogens with one attached hydrogen (secondary N) is 1. The SMILES string of the molecule is CC(C)C1CNC(C)(C2CC2)CN1c1cccc(I)c1. The number of benzene rings is 1. The monoisotopic (exact) mass is 384 g/mol. The summed E-state index contributed by atoms with van der Waals surface area (Å²) in [7, 11) is 0. The van der Waals surface area contributed by atoms with Crippen molar-refractivity contribution in [2.24, 2.45) is 11.8 Å². The van der Waals surface area contributed by atoms with Crippen LogP contribution in [0.3, 0.4) is 0 Å². The van der Waals surface area contributed by atoms with Crippen molar-refractivity contribution in [3.05, 3.63) is 27.8 Å². The first kappa shape index (κ1) is 14.6. The van der Waals surface area contributed by atoms with Crippen molar-refractivity contribution in [2.75, 3.05) is 18.0 Å². The molecule has 110 valence electrons. The minimum absolute atomic E-state index is 0.298. The molecule has 1 aliphatic carbocycles. The quantitative estimate of drug-likeness (QED) is 0.796. The fourth-order valence-electron chi connectivity index (χ4n) is 3.50. The van der Waals surface area contributed by atoms with Crippen LogP contribution in [-0.4, -0.2) is 24.7 Å². The van der Waals surface area contributed by atoms with Crippen molar-refractivity contribution in [3.63, 3.8) is 0 Å². The highest BCUT2D eigenvalue weighted by atomic mass is 127. The molecule has 1 saturated carbocycles. The van der Waals surface area contributed by atoms with E-state index in [1.54, 1.807) is 0 Å². The normalized spacial score (nSPS) is 30.9. The van der Waals surface area contributed by atoms with Gasteiger partial charge in [-0.15, -0.1) is 0 Å². The molecule has 3 heteroatoms. The Bertz CT molecular complexity index is 484. The maximum Gasteiger partial charge on any atom is 0.0438 e. The third kappa shape index (κ3) is 2.84. The summed E-state index contributed by atoms with van der Waals surface area (Å²) in [5.41, 5.74) is 1.69. The summed E-state index contributed by atoms with van der Waals surface area (Å²) in [5, 5.41) is 3.86. The summed E-state index contributed by atoms with van der Waals surface area (Å²) in [6.07, 6.45) is 2.80. The first-order valence-electron chi connectivity index (χ1n) is 7.77. The highest BCUT2D eigenvalue weighted by Gasteiger charge is 2.46. The van der Waals surface area contributed by atoms with Crippen molar-refractivity contribution in [1.29, 1.82) is 0 Å². The number of halogens is 1. The summed E-state index contributed by atoms with van der Waals surface area (Å²) < 4.78 is 1.33. The van der Waals surface area contributed by atoms with Crippen molar-refractivity contribution in [3.8, 4) is 0 Å². The van der Waals surface area contributed by atoms with Gasteiger partial charge in [0.1, 0.15) is 0 Å². The van der Waals surface area contributed by atoms with E-state index in [2.05, 4.69) is 77.8 Å². The molecule has 0 spiro atoms. The van der Waals surface area contributed by atoms with Gasteiger partial charge in [0.15, 0.2) is 0 Å². The molecule has 2 fully saturated rings. The predicted octanol–water partition coefficient (Wildman–Crippen LogP) is 3.89. The molecule has 2 atom stereocenters. The van der Waals surface area contributed by atoms with Crippen molar-refractivity contribution < 1.29 is 0 Å². The smallest absolute Gasteiger partial charge is 0.0438 e. The topological polar surface area (TPSA) is 15.3 Å². The third-order valence-corrected chi connectivity index (χ3v) is 5.67. The van der Waals surface area contributed by atoms with Gasteiger partial charge in [0.05, 0.1) is 0 Å². The summed E-state index contributed by atoms with van der Waals surface area (Å²) in [5.74, 6) is 1.55. The van der Waals surface area contributed by atoms with Gasteiger partial charge in [-0.05, 0) is 72.4 Å². The lowest BCUT2D eigenvalue weighted by molar-refractivity contribution is 0.233. The summed E-state index contributed by atoms with van der Waals surface area (Å²) in [4.78, 5) is 2.65. The van der Waals surface area contributed by atoms with E-state index in [1.165, 1.54) is 22.1 Å².